The van der Waals surface area contributed by atoms with E-state index in [1.165, 1.54) is 0 Å². The summed E-state index contributed by atoms with van der Waals surface area (Å²) in [6.45, 7) is 11.2. The average molecular weight is 382 g/mol. The highest BCUT2D eigenvalue weighted by molar-refractivity contribution is 5.94. The van der Waals surface area contributed by atoms with E-state index < -0.39 is 0 Å². The molecule has 1 aliphatic heterocycles. The van der Waals surface area contributed by atoms with Crippen molar-refractivity contribution in [3.05, 3.63) is 59.3 Å². The Kier molecular flexibility index (Phi) is 5.75. The normalized spacial score (nSPS) is 18.5. The van der Waals surface area contributed by atoms with Crippen LogP contribution >= 0.6 is 0 Å². The van der Waals surface area contributed by atoms with Gasteiger partial charge in [0.1, 0.15) is 6.61 Å². The number of aromatic nitrogens is 1. The first-order chi connectivity index (χ1) is 13.1. The van der Waals surface area contributed by atoms with Gasteiger partial charge < -0.3 is 15.4 Å². The molecular weight excluding hydrogens is 350 g/mol. The van der Waals surface area contributed by atoms with Gasteiger partial charge in [-0.25, -0.2) is 4.98 Å². The maximum absolute atomic E-state index is 12.7. The van der Waals surface area contributed by atoms with Crippen LogP contribution in [-0.4, -0.2) is 28.0 Å². The molecule has 3 rings (SSSR count). The number of hydrogen-bond donors (Lipinski definition) is 2. The van der Waals surface area contributed by atoms with Crippen molar-refractivity contribution in [2.45, 2.75) is 71.2 Å². The quantitative estimate of drug-likeness (QED) is 0.821. The summed E-state index contributed by atoms with van der Waals surface area (Å²) in [6, 6.07) is 11.6. The third-order valence-electron chi connectivity index (χ3n) is 5.01. The van der Waals surface area contributed by atoms with Gasteiger partial charge in [0.05, 0.1) is 0 Å². The van der Waals surface area contributed by atoms with Crippen molar-refractivity contribution in [2.75, 3.05) is 0 Å². The van der Waals surface area contributed by atoms with E-state index in [9.17, 15) is 4.79 Å². The van der Waals surface area contributed by atoms with E-state index in [2.05, 4.69) is 43.3 Å². The number of rotatable bonds is 5. The number of amides is 1. The minimum Gasteiger partial charge on any atom is -0.473 e. The van der Waals surface area contributed by atoms with Crippen molar-refractivity contribution in [2.24, 2.45) is 0 Å². The lowest BCUT2D eigenvalue weighted by molar-refractivity contribution is 0.0873. The molecule has 1 aliphatic rings. The average Bonchev–Trinajstić information content (AvgIpc) is 2.59. The zero-order valence-electron chi connectivity index (χ0n) is 17.5. The Bertz CT molecular complexity index is 795. The van der Waals surface area contributed by atoms with Crippen LogP contribution in [0.25, 0.3) is 0 Å². The second-order valence-electron chi connectivity index (χ2n) is 9.13. The summed E-state index contributed by atoms with van der Waals surface area (Å²) in [6.07, 6.45) is 3.61. The Hall–Kier alpha value is -2.40. The predicted octanol–water partition coefficient (Wildman–Crippen LogP) is 4.01. The molecular formula is C23H31N3O2. The van der Waals surface area contributed by atoms with Crippen LogP contribution in [0.5, 0.6) is 5.88 Å². The van der Waals surface area contributed by atoms with Gasteiger partial charge in [-0.2, -0.15) is 0 Å². The van der Waals surface area contributed by atoms with Gasteiger partial charge in [0, 0.05) is 34.9 Å². The van der Waals surface area contributed by atoms with E-state index in [0.717, 1.165) is 24.0 Å². The van der Waals surface area contributed by atoms with Crippen LogP contribution < -0.4 is 15.4 Å². The monoisotopic (exact) mass is 381 g/mol. The van der Waals surface area contributed by atoms with E-state index >= 15 is 0 Å². The molecule has 0 unspecified atom stereocenters. The maximum atomic E-state index is 12.7. The standard InChI is InChI=1S/C23H31N3O2/c1-16-6-11-20(24-14-16)28-15-17-7-9-18(10-8-17)21(27)25-19-12-22(2,3)26-23(4,5)13-19/h6-11,14,19,26H,12-13,15H2,1-5H3,(H,25,27). The largest absolute Gasteiger partial charge is 0.473 e. The van der Waals surface area contributed by atoms with Gasteiger partial charge in [0.25, 0.3) is 5.91 Å². The second kappa shape index (κ2) is 7.92. The number of pyridine rings is 1. The fourth-order valence-corrected chi connectivity index (χ4v) is 4.14. The highest BCUT2D eigenvalue weighted by Gasteiger charge is 2.38. The number of aryl methyl sites for hydroxylation is 1. The molecule has 0 spiro atoms. The number of benzene rings is 1. The molecule has 1 aromatic carbocycles. The fraction of sp³-hybridized carbons (Fsp3) is 0.478. The number of carbonyl (C=O) groups excluding carboxylic acids is 1. The highest BCUT2D eigenvalue weighted by atomic mass is 16.5. The number of nitrogens with zero attached hydrogens (tertiary/aromatic N) is 1. The van der Waals surface area contributed by atoms with Gasteiger partial charge in [-0.05, 0) is 70.7 Å². The van der Waals surface area contributed by atoms with E-state index in [1.807, 2.05) is 43.3 Å². The topological polar surface area (TPSA) is 63.2 Å². The third kappa shape index (κ3) is 5.55. The number of carbonyl (C=O) groups is 1. The summed E-state index contributed by atoms with van der Waals surface area (Å²) in [4.78, 5) is 16.9. The van der Waals surface area contributed by atoms with Crippen LogP contribution in [-0.2, 0) is 6.61 Å². The van der Waals surface area contributed by atoms with Gasteiger partial charge >= 0.3 is 0 Å². The Labute approximate surface area is 167 Å². The molecule has 2 aromatic rings. The van der Waals surface area contributed by atoms with Crippen LogP contribution in [0.1, 0.15) is 62.0 Å². The highest BCUT2D eigenvalue weighted by Crippen LogP contribution is 2.28. The van der Waals surface area contributed by atoms with Gasteiger partial charge in [-0.3, -0.25) is 4.79 Å². The summed E-state index contributed by atoms with van der Waals surface area (Å²) in [5.41, 5.74) is 2.79. The van der Waals surface area contributed by atoms with Crippen LogP contribution in [0.3, 0.4) is 0 Å². The number of ether oxygens (including phenoxy) is 1. The van der Waals surface area contributed by atoms with Crippen LogP contribution in [0.15, 0.2) is 42.6 Å². The van der Waals surface area contributed by atoms with Crippen LogP contribution in [0.2, 0.25) is 0 Å². The predicted molar refractivity (Wildman–Crippen MR) is 112 cm³/mol. The van der Waals surface area contributed by atoms with E-state index in [0.29, 0.717) is 18.1 Å². The van der Waals surface area contributed by atoms with Gasteiger partial charge in [0.15, 0.2) is 0 Å². The lowest BCUT2D eigenvalue weighted by Gasteiger charge is -2.46. The van der Waals surface area contributed by atoms with Crippen LogP contribution in [0.4, 0.5) is 0 Å². The molecule has 0 atom stereocenters. The third-order valence-corrected chi connectivity index (χ3v) is 5.01. The van der Waals surface area contributed by atoms with Crippen molar-refractivity contribution in [1.82, 2.24) is 15.6 Å². The van der Waals surface area contributed by atoms with Gasteiger partial charge in [-0.1, -0.05) is 18.2 Å². The summed E-state index contributed by atoms with van der Waals surface area (Å²) in [5.74, 6) is 0.578. The van der Waals surface area contributed by atoms with E-state index in [-0.39, 0.29) is 23.0 Å². The molecule has 2 heterocycles. The van der Waals surface area contributed by atoms with Crippen molar-refractivity contribution >= 4 is 5.91 Å². The van der Waals surface area contributed by atoms with Crippen molar-refractivity contribution < 1.29 is 9.53 Å². The molecule has 5 nitrogen and oxygen atoms in total. The molecule has 1 fully saturated rings. The molecule has 0 saturated carbocycles. The zero-order chi connectivity index (χ0) is 20.4. The molecule has 1 saturated heterocycles. The van der Waals surface area contributed by atoms with Crippen molar-refractivity contribution in [1.29, 1.82) is 0 Å². The maximum Gasteiger partial charge on any atom is 0.251 e. The smallest absolute Gasteiger partial charge is 0.251 e. The summed E-state index contributed by atoms with van der Waals surface area (Å²) < 4.78 is 5.70. The molecule has 1 amide bonds. The molecule has 0 aliphatic carbocycles. The Morgan fingerprint density at radius 2 is 1.75 bits per heavy atom. The summed E-state index contributed by atoms with van der Waals surface area (Å²) in [5, 5.41) is 6.85. The molecule has 5 heteroatoms. The Balaban J connectivity index is 1.56. The zero-order valence-corrected chi connectivity index (χ0v) is 17.5. The Morgan fingerprint density at radius 1 is 1.11 bits per heavy atom. The molecule has 0 bridgehead atoms. The van der Waals surface area contributed by atoms with Gasteiger partial charge in [0.2, 0.25) is 5.88 Å². The summed E-state index contributed by atoms with van der Waals surface area (Å²) in [7, 11) is 0. The number of piperidine rings is 1. The molecule has 0 radical (unpaired) electrons. The lowest BCUT2D eigenvalue weighted by atomic mass is 9.79. The molecule has 150 valence electrons. The Morgan fingerprint density at radius 3 is 2.32 bits per heavy atom. The SMILES string of the molecule is Cc1ccc(OCc2ccc(C(=O)NC3CC(C)(C)NC(C)(C)C3)cc2)nc1. The van der Waals surface area contributed by atoms with Crippen molar-refractivity contribution in [3.8, 4) is 5.88 Å². The first kappa shape index (κ1) is 20.3. The number of hydrogen-bond acceptors (Lipinski definition) is 4. The number of nitrogens with one attached hydrogen (secondary N) is 2. The first-order valence-electron chi connectivity index (χ1n) is 9.87. The molecule has 2 N–H and O–H groups in total. The fourth-order valence-electron chi connectivity index (χ4n) is 4.14. The first-order valence-corrected chi connectivity index (χ1v) is 9.87. The van der Waals surface area contributed by atoms with Crippen molar-refractivity contribution in [3.63, 3.8) is 0 Å². The van der Waals surface area contributed by atoms with Gasteiger partial charge in [-0.15, -0.1) is 0 Å². The minimum atomic E-state index is -0.0221. The lowest BCUT2D eigenvalue weighted by Crippen LogP contribution is -2.62. The minimum absolute atomic E-state index is 0.00487. The van der Waals surface area contributed by atoms with E-state index in [1.54, 1.807) is 6.20 Å². The second-order valence-corrected chi connectivity index (χ2v) is 9.13. The van der Waals surface area contributed by atoms with E-state index in [4.69, 9.17) is 4.74 Å². The van der Waals surface area contributed by atoms with Crippen LogP contribution in [0, 0.1) is 6.92 Å². The summed E-state index contributed by atoms with van der Waals surface area (Å²) >= 11 is 0. The molecule has 1 aromatic heterocycles. The molecule has 28 heavy (non-hydrogen) atoms.